The molecule has 34 heavy (non-hydrogen) atoms. The summed E-state index contributed by atoms with van der Waals surface area (Å²) >= 11 is 1.17. The van der Waals surface area contributed by atoms with Crippen molar-refractivity contribution in [2.24, 2.45) is 0 Å². The van der Waals surface area contributed by atoms with Crippen molar-refractivity contribution in [2.75, 3.05) is 18.6 Å². The predicted molar refractivity (Wildman–Crippen MR) is 125 cm³/mol. The van der Waals surface area contributed by atoms with E-state index in [-0.39, 0.29) is 41.7 Å². The van der Waals surface area contributed by atoms with Crippen LogP contribution in [0.4, 0.5) is 18.3 Å². The van der Waals surface area contributed by atoms with Crippen molar-refractivity contribution in [3.63, 3.8) is 0 Å². The molecule has 4 rings (SSSR count). The summed E-state index contributed by atoms with van der Waals surface area (Å²) in [7, 11) is 1.27. The summed E-state index contributed by atoms with van der Waals surface area (Å²) in [6.07, 6.45) is 0.155. The monoisotopic (exact) mass is 486 g/mol. The van der Waals surface area contributed by atoms with E-state index in [1.54, 1.807) is 24.3 Å². The minimum Gasteiger partial charge on any atom is -0.494 e. The topological polar surface area (TPSA) is 62.7 Å². The van der Waals surface area contributed by atoms with Gasteiger partial charge in [-0.25, -0.2) is 18.6 Å². The molecule has 1 heterocycles. The Kier molecular flexibility index (Phi) is 6.74. The van der Waals surface area contributed by atoms with Crippen molar-refractivity contribution in [1.82, 2.24) is 4.98 Å². The van der Waals surface area contributed by atoms with Gasteiger partial charge in [0.1, 0.15) is 5.82 Å². The number of aromatic carboxylic acids is 1. The zero-order chi connectivity index (χ0) is 24.4. The lowest BCUT2D eigenvalue weighted by Gasteiger charge is -2.29. The minimum absolute atomic E-state index is 0.153. The van der Waals surface area contributed by atoms with Crippen molar-refractivity contribution in [3.8, 4) is 5.75 Å². The van der Waals surface area contributed by atoms with Gasteiger partial charge >= 0.3 is 5.97 Å². The van der Waals surface area contributed by atoms with E-state index in [0.717, 1.165) is 5.56 Å². The van der Waals surface area contributed by atoms with Gasteiger partial charge in [-0.3, -0.25) is 0 Å². The molecule has 0 saturated carbocycles. The van der Waals surface area contributed by atoms with Gasteiger partial charge in [-0.05, 0) is 54.8 Å². The van der Waals surface area contributed by atoms with Crippen LogP contribution in [0.25, 0.3) is 10.2 Å². The summed E-state index contributed by atoms with van der Waals surface area (Å²) in [5, 5.41) is 9.69. The van der Waals surface area contributed by atoms with E-state index in [4.69, 9.17) is 4.74 Å². The summed E-state index contributed by atoms with van der Waals surface area (Å²) < 4.78 is 48.3. The second-order valence-corrected chi connectivity index (χ2v) is 8.66. The molecule has 0 aliphatic rings. The molecule has 5 nitrogen and oxygen atoms in total. The minimum atomic E-state index is -1.05. The molecule has 0 amide bonds. The molecular formula is C25H21F3N2O3S. The summed E-state index contributed by atoms with van der Waals surface area (Å²) in [5.41, 5.74) is 1.62. The number of carbonyl (C=O) groups is 1. The van der Waals surface area contributed by atoms with Crippen LogP contribution >= 0.6 is 11.3 Å². The molecule has 1 N–H and O–H groups in total. The van der Waals surface area contributed by atoms with Crippen molar-refractivity contribution < 1.29 is 27.8 Å². The summed E-state index contributed by atoms with van der Waals surface area (Å²) in [6.45, 7) is 2.15. The lowest BCUT2D eigenvalue weighted by atomic mass is 10.0. The van der Waals surface area contributed by atoms with Gasteiger partial charge in [0.2, 0.25) is 5.82 Å². The number of fused-ring (bicyclic) bond motifs is 1. The fourth-order valence-electron chi connectivity index (χ4n) is 3.73. The smallest absolute Gasteiger partial charge is 0.335 e. The Morgan fingerprint density at radius 3 is 2.47 bits per heavy atom. The van der Waals surface area contributed by atoms with Crippen molar-refractivity contribution in [2.45, 2.75) is 19.4 Å². The van der Waals surface area contributed by atoms with E-state index >= 15 is 0 Å². The first-order valence-corrected chi connectivity index (χ1v) is 11.3. The zero-order valence-electron chi connectivity index (χ0n) is 18.4. The number of ether oxygens (including phenoxy) is 1. The molecule has 0 spiro atoms. The van der Waals surface area contributed by atoms with Crippen molar-refractivity contribution >= 4 is 32.7 Å². The molecule has 0 saturated heterocycles. The quantitative estimate of drug-likeness (QED) is 0.320. The van der Waals surface area contributed by atoms with E-state index in [0.29, 0.717) is 15.3 Å². The van der Waals surface area contributed by atoms with Gasteiger partial charge in [-0.2, -0.15) is 4.39 Å². The van der Waals surface area contributed by atoms with E-state index in [1.807, 2.05) is 11.8 Å². The first-order chi connectivity index (χ1) is 16.3. The number of halogens is 3. The van der Waals surface area contributed by atoms with Crippen LogP contribution in [0, 0.1) is 17.5 Å². The summed E-state index contributed by atoms with van der Waals surface area (Å²) in [4.78, 5) is 17.6. The molecule has 0 bridgehead atoms. The van der Waals surface area contributed by atoms with Crippen LogP contribution in [0.1, 0.15) is 34.5 Å². The number of aromatic nitrogens is 1. The maximum atomic E-state index is 14.6. The zero-order valence-corrected chi connectivity index (χ0v) is 19.2. The SMILES string of the molecule is COc1ccc(CCN(c2nc3cccc(F)c3s2)C(C)c2ccc(C(=O)O)cc2)c(F)c1F. The van der Waals surface area contributed by atoms with Crippen LogP contribution in [0.3, 0.4) is 0 Å². The molecule has 0 aliphatic heterocycles. The van der Waals surface area contributed by atoms with E-state index in [9.17, 15) is 23.1 Å². The number of anilines is 1. The van der Waals surface area contributed by atoms with Gasteiger partial charge < -0.3 is 14.7 Å². The van der Waals surface area contributed by atoms with Gasteiger partial charge in [0.25, 0.3) is 0 Å². The fraction of sp³-hybridized carbons (Fsp3) is 0.200. The highest BCUT2D eigenvalue weighted by atomic mass is 32.1. The molecule has 9 heteroatoms. The maximum Gasteiger partial charge on any atom is 0.335 e. The standard InChI is InChI=1S/C25H21F3N2O3S/c1-14(15-6-8-17(9-7-15)24(31)32)30(25-29-19-5-3-4-18(26)23(19)34-25)13-12-16-10-11-20(33-2)22(28)21(16)27/h3-11,14H,12-13H2,1-2H3,(H,31,32). The van der Waals surface area contributed by atoms with E-state index in [1.165, 1.54) is 48.8 Å². The number of carboxylic acid groups (broad SMARTS) is 1. The third-order valence-electron chi connectivity index (χ3n) is 5.68. The number of hydrogen-bond acceptors (Lipinski definition) is 5. The Bertz CT molecular complexity index is 1340. The largest absolute Gasteiger partial charge is 0.494 e. The van der Waals surface area contributed by atoms with Crippen LogP contribution in [0.5, 0.6) is 5.75 Å². The van der Waals surface area contributed by atoms with Gasteiger partial charge in [0.05, 0.1) is 28.9 Å². The van der Waals surface area contributed by atoms with E-state index in [2.05, 4.69) is 4.98 Å². The Labute approximate surface area is 198 Å². The third-order valence-corrected chi connectivity index (χ3v) is 6.79. The van der Waals surface area contributed by atoms with Crippen LogP contribution < -0.4 is 9.64 Å². The highest BCUT2D eigenvalue weighted by Gasteiger charge is 2.23. The number of carboxylic acids is 1. The van der Waals surface area contributed by atoms with Crippen LogP contribution in [0.2, 0.25) is 0 Å². The lowest BCUT2D eigenvalue weighted by Crippen LogP contribution is -2.29. The normalized spacial score (nSPS) is 12.0. The van der Waals surface area contributed by atoms with Crippen LogP contribution in [-0.2, 0) is 6.42 Å². The second kappa shape index (κ2) is 9.72. The van der Waals surface area contributed by atoms with Gasteiger partial charge in [0.15, 0.2) is 16.7 Å². The molecule has 1 atom stereocenters. The molecule has 3 aromatic carbocycles. The number of rotatable bonds is 8. The number of nitrogens with zero attached hydrogens (tertiary/aromatic N) is 2. The third kappa shape index (κ3) is 4.56. The fourth-order valence-corrected chi connectivity index (χ4v) is 4.81. The number of methoxy groups -OCH3 is 1. The highest BCUT2D eigenvalue weighted by Crippen LogP contribution is 2.35. The summed E-state index contributed by atoms with van der Waals surface area (Å²) in [6, 6.07) is 13.6. The Hall–Kier alpha value is -3.59. The van der Waals surface area contributed by atoms with Gasteiger partial charge in [0, 0.05) is 6.54 Å². The molecule has 0 aliphatic carbocycles. The van der Waals surface area contributed by atoms with Gasteiger partial charge in [-0.1, -0.05) is 35.6 Å². The average molecular weight is 487 g/mol. The molecule has 176 valence electrons. The molecule has 1 unspecified atom stereocenters. The van der Waals surface area contributed by atoms with Gasteiger partial charge in [-0.15, -0.1) is 0 Å². The lowest BCUT2D eigenvalue weighted by molar-refractivity contribution is 0.0697. The van der Waals surface area contributed by atoms with Crippen molar-refractivity contribution in [1.29, 1.82) is 0 Å². The number of thiazole rings is 1. The molecule has 4 aromatic rings. The molecular weight excluding hydrogens is 465 g/mol. The summed E-state index contributed by atoms with van der Waals surface area (Å²) in [5.74, 6) is -3.62. The average Bonchev–Trinajstić information content (AvgIpc) is 3.27. The molecule has 1 aromatic heterocycles. The highest BCUT2D eigenvalue weighted by molar-refractivity contribution is 7.22. The van der Waals surface area contributed by atoms with E-state index < -0.39 is 17.6 Å². The maximum absolute atomic E-state index is 14.6. The number of benzene rings is 3. The predicted octanol–water partition coefficient (Wildman–Crippen LogP) is 6.23. The van der Waals surface area contributed by atoms with Crippen LogP contribution in [0.15, 0.2) is 54.6 Å². The Morgan fingerprint density at radius 2 is 1.82 bits per heavy atom. The Morgan fingerprint density at radius 1 is 1.09 bits per heavy atom. The number of hydrogen-bond donors (Lipinski definition) is 1. The second-order valence-electron chi connectivity index (χ2n) is 7.69. The Balaban J connectivity index is 1.69. The van der Waals surface area contributed by atoms with Crippen molar-refractivity contribution in [3.05, 3.63) is 88.7 Å². The van der Waals surface area contributed by atoms with Crippen LogP contribution in [-0.4, -0.2) is 29.7 Å². The molecule has 0 fully saturated rings. The first-order valence-electron chi connectivity index (χ1n) is 10.5. The molecule has 0 radical (unpaired) electrons. The first kappa shape index (κ1) is 23.6.